The van der Waals surface area contributed by atoms with E-state index >= 15 is 0 Å². The molecule has 0 unspecified atom stereocenters. The van der Waals surface area contributed by atoms with Crippen LogP contribution in [0.3, 0.4) is 0 Å². The van der Waals surface area contributed by atoms with Gasteiger partial charge in [-0.05, 0) is 50.6 Å². The van der Waals surface area contributed by atoms with E-state index in [9.17, 15) is 9.59 Å². The van der Waals surface area contributed by atoms with Gasteiger partial charge in [0.05, 0.1) is 6.54 Å². The van der Waals surface area contributed by atoms with Gasteiger partial charge in [0.2, 0.25) is 11.8 Å². The molecule has 0 spiro atoms. The summed E-state index contributed by atoms with van der Waals surface area (Å²) >= 11 is 0. The fourth-order valence-corrected chi connectivity index (χ4v) is 2.37. The van der Waals surface area contributed by atoms with E-state index in [1.54, 1.807) is 25.5 Å². The number of benzene rings is 1. The molecule has 1 N–H and O–H groups in total. The molecule has 0 atom stereocenters. The summed E-state index contributed by atoms with van der Waals surface area (Å²) in [5.74, 6) is 0.316. The van der Waals surface area contributed by atoms with Gasteiger partial charge in [0, 0.05) is 36.6 Å². The number of nitrogens with one attached hydrogen (secondary N) is 1. The van der Waals surface area contributed by atoms with E-state index in [2.05, 4.69) is 10.3 Å². The lowest BCUT2D eigenvalue weighted by molar-refractivity contribution is -0.131. The number of pyridine rings is 1. The number of amides is 2. The SMILES string of the molecule is CN(CC(=O)NC(C)(C)C)C(=O)/C=C/c1ccc(OCc2cccnc2)cc1. The Kier molecular flexibility index (Phi) is 7.32. The van der Waals surface area contributed by atoms with E-state index in [0.717, 1.165) is 16.9 Å². The van der Waals surface area contributed by atoms with Crippen molar-refractivity contribution in [2.24, 2.45) is 0 Å². The van der Waals surface area contributed by atoms with E-state index in [-0.39, 0.29) is 23.9 Å². The summed E-state index contributed by atoms with van der Waals surface area (Å²) in [6, 6.07) is 11.3. The Labute approximate surface area is 166 Å². The first-order valence-electron chi connectivity index (χ1n) is 9.09. The number of aromatic nitrogens is 1. The van der Waals surface area contributed by atoms with Crippen LogP contribution in [0.25, 0.3) is 6.08 Å². The Morgan fingerprint density at radius 1 is 1.18 bits per heavy atom. The predicted molar refractivity (Wildman–Crippen MR) is 110 cm³/mol. The van der Waals surface area contributed by atoms with Crippen LogP contribution in [0, 0.1) is 0 Å². The lowest BCUT2D eigenvalue weighted by atomic mass is 10.1. The van der Waals surface area contributed by atoms with Crippen molar-refractivity contribution in [2.45, 2.75) is 32.9 Å². The van der Waals surface area contributed by atoms with Crippen molar-refractivity contribution in [1.82, 2.24) is 15.2 Å². The fourth-order valence-electron chi connectivity index (χ4n) is 2.37. The first-order valence-corrected chi connectivity index (χ1v) is 9.09. The zero-order valence-electron chi connectivity index (χ0n) is 16.8. The van der Waals surface area contributed by atoms with Gasteiger partial charge in [-0.3, -0.25) is 14.6 Å². The summed E-state index contributed by atoms with van der Waals surface area (Å²) in [6.45, 7) is 6.16. The number of carbonyl (C=O) groups is 2. The highest BCUT2D eigenvalue weighted by Gasteiger charge is 2.16. The van der Waals surface area contributed by atoms with Crippen LogP contribution in [0.15, 0.2) is 54.9 Å². The molecule has 1 heterocycles. The van der Waals surface area contributed by atoms with Gasteiger partial charge in [0.1, 0.15) is 12.4 Å². The van der Waals surface area contributed by atoms with Crippen LogP contribution < -0.4 is 10.1 Å². The number of hydrogen-bond acceptors (Lipinski definition) is 4. The second kappa shape index (κ2) is 9.69. The fraction of sp³-hybridized carbons (Fsp3) is 0.318. The number of rotatable bonds is 7. The Bertz CT molecular complexity index is 809. The molecule has 2 amide bonds. The molecule has 0 fully saturated rings. The molecular formula is C22H27N3O3. The van der Waals surface area contributed by atoms with Crippen molar-refractivity contribution >= 4 is 17.9 Å². The van der Waals surface area contributed by atoms with Crippen LogP contribution in [0.1, 0.15) is 31.9 Å². The van der Waals surface area contributed by atoms with Crippen LogP contribution in [-0.4, -0.2) is 40.8 Å². The molecule has 148 valence electrons. The minimum Gasteiger partial charge on any atom is -0.489 e. The van der Waals surface area contributed by atoms with Crippen molar-refractivity contribution in [1.29, 1.82) is 0 Å². The molecule has 2 rings (SSSR count). The zero-order chi connectivity index (χ0) is 20.6. The van der Waals surface area contributed by atoms with Crippen molar-refractivity contribution in [2.75, 3.05) is 13.6 Å². The van der Waals surface area contributed by atoms with Crippen LogP contribution in [0.2, 0.25) is 0 Å². The third-order valence-corrected chi connectivity index (χ3v) is 3.70. The van der Waals surface area contributed by atoms with E-state index in [0.29, 0.717) is 6.61 Å². The second-order valence-electron chi connectivity index (χ2n) is 7.54. The average Bonchev–Trinajstić information content (AvgIpc) is 2.64. The van der Waals surface area contributed by atoms with Gasteiger partial charge in [-0.2, -0.15) is 0 Å². The topological polar surface area (TPSA) is 71.5 Å². The molecule has 6 nitrogen and oxygen atoms in total. The van der Waals surface area contributed by atoms with Crippen LogP contribution in [0.4, 0.5) is 0 Å². The molecule has 1 aromatic heterocycles. The van der Waals surface area contributed by atoms with E-state index in [4.69, 9.17) is 4.74 Å². The molecule has 0 aliphatic heterocycles. The third kappa shape index (κ3) is 7.61. The second-order valence-corrected chi connectivity index (χ2v) is 7.54. The molecule has 1 aromatic carbocycles. The lowest BCUT2D eigenvalue weighted by Gasteiger charge is -2.22. The summed E-state index contributed by atoms with van der Waals surface area (Å²) < 4.78 is 5.71. The highest BCUT2D eigenvalue weighted by Crippen LogP contribution is 2.15. The van der Waals surface area contributed by atoms with Crippen molar-refractivity contribution < 1.29 is 14.3 Å². The molecule has 0 saturated heterocycles. The summed E-state index contributed by atoms with van der Waals surface area (Å²) in [6.07, 6.45) is 6.66. The van der Waals surface area contributed by atoms with Crippen LogP contribution in [0.5, 0.6) is 5.75 Å². The molecule has 0 bridgehead atoms. The zero-order valence-corrected chi connectivity index (χ0v) is 16.8. The first kappa shape index (κ1) is 21.2. The third-order valence-electron chi connectivity index (χ3n) is 3.70. The molecule has 0 aliphatic rings. The molecule has 0 saturated carbocycles. The van der Waals surface area contributed by atoms with Gasteiger partial charge in [0.15, 0.2) is 0 Å². The lowest BCUT2D eigenvalue weighted by Crippen LogP contribution is -2.46. The largest absolute Gasteiger partial charge is 0.489 e. The Hall–Kier alpha value is -3.15. The van der Waals surface area contributed by atoms with Gasteiger partial charge in [0.25, 0.3) is 0 Å². The van der Waals surface area contributed by atoms with E-state index in [1.807, 2.05) is 57.2 Å². The quantitative estimate of drug-likeness (QED) is 0.749. The molecule has 6 heteroatoms. The van der Waals surface area contributed by atoms with Gasteiger partial charge in [-0.1, -0.05) is 18.2 Å². The van der Waals surface area contributed by atoms with E-state index < -0.39 is 0 Å². The van der Waals surface area contributed by atoms with E-state index in [1.165, 1.54) is 11.0 Å². The Morgan fingerprint density at radius 2 is 1.89 bits per heavy atom. The first-order chi connectivity index (χ1) is 13.2. The van der Waals surface area contributed by atoms with Gasteiger partial charge in [-0.15, -0.1) is 0 Å². The Balaban J connectivity index is 1.84. The number of carbonyl (C=O) groups excluding carboxylic acids is 2. The van der Waals surface area contributed by atoms with Crippen molar-refractivity contribution in [3.8, 4) is 5.75 Å². The van der Waals surface area contributed by atoms with Gasteiger partial charge >= 0.3 is 0 Å². The smallest absolute Gasteiger partial charge is 0.246 e. The molecular weight excluding hydrogens is 354 g/mol. The van der Waals surface area contributed by atoms with Crippen LogP contribution in [-0.2, 0) is 16.2 Å². The summed E-state index contributed by atoms with van der Waals surface area (Å²) in [5.41, 5.74) is 1.54. The molecule has 2 aromatic rings. The van der Waals surface area contributed by atoms with Gasteiger partial charge in [-0.25, -0.2) is 0 Å². The number of likely N-dealkylation sites (N-methyl/N-ethyl adjacent to an activating group) is 1. The molecule has 0 radical (unpaired) electrons. The van der Waals surface area contributed by atoms with Crippen molar-refractivity contribution in [3.63, 3.8) is 0 Å². The maximum Gasteiger partial charge on any atom is 0.246 e. The molecule has 28 heavy (non-hydrogen) atoms. The Morgan fingerprint density at radius 3 is 2.50 bits per heavy atom. The van der Waals surface area contributed by atoms with Crippen molar-refractivity contribution in [3.05, 3.63) is 66.0 Å². The number of hydrogen-bond donors (Lipinski definition) is 1. The summed E-state index contributed by atoms with van der Waals surface area (Å²) in [4.78, 5) is 29.5. The standard InChI is InChI=1S/C22H27N3O3/c1-22(2,3)24-20(26)15-25(4)21(27)12-9-17-7-10-19(11-8-17)28-16-18-6-5-13-23-14-18/h5-14H,15-16H2,1-4H3,(H,24,26)/b12-9+. The summed E-state index contributed by atoms with van der Waals surface area (Å²) in [5, 5.41) is 2.83. The highest BCUT2D eigenvalue weighted by atomic mass is 16.5. The summed E-state index contributed by atoms with van der Waals surface area (Å²) in [7, 11) is 1.60. The average molecular weight is 381 g/mol. The minimum atomic E-state index is -0.322. The monoisotopic (exact) mass is 381 g/mol. The van der Waals surface area contributed by atoms with Crippen LogP contribution >= 0.6 is 0 Å². The number of nitrogens with zero attached hydrogens (tertiary/aromatic N) is 2. The number of ether oxygens (including phenoxy) is 1. The highest BCUT2D eigenvalue weighted by molar-refractivity contribution is 5.94. The predicted octanol–water partition coefficient (Wildman–Crippen LogP) is 3.05. The minimum absolute atomic E-state index is 0.0154. The molecule has 0 aliphatic carbocycles. The normalized spacial score (nSPS) is 11.3. The van der Waals surface area contributed by atoms with Gasteiger partial charge < -0.3 is 15.0 Å². The maximum absolute atomic E-state index is 12.2. The maximum atomic E-state index is 12.2.